The van der Waals surface area contributed by atoms with Gasteiger partial charge in [-0.15, -0.1) is 0 Å². The minimum Gasteiger partial charge on any atom is -0.450 e. The molecule has 0 spiro atoms. The minimum atomic E-state index is -0.127. The highest BCUT2D eigenvalue weighted by Gasteiger charge is 2.46. The van der Waals surface area contributed by atoms with Gasteiger partial charge in [-0.05, 0) is 64.0 Å². The van der Waals surface area contributed by atoms with Gasteiger partial charge in [0, 0.05) is 49.9 Å². The highest BCUT2D eigenvalue weighted by molar-refractivity contribution is 5.93. The van der Waals surface area contributed by atoms with Gasteiger partial charge in [0.15, 0.2) is 0 Å². The van der Waals surface area contributed by atoms with E-state index < -0.39 is 0 Å². The van der Waals surface area contributed by atoms with E-state index in [0.717, 1.165) is 62.9 Å². The number of nitrogens with zero attached hydrogens (tertiary/aromatic N) is 3. The molecule has 3 saturated heterocycles. The second-order valence-electron chi connectivity index (χ2n) is 9.06. The topological polar surface area (TPSA) is 53.1 Å². The molecular formula is C24H35N3O3. The summed E-state index contributed by atoms with van der Waals surface area (Å²) in [5, 5.41) is 0. The standard InChI is InChI=1S/C24H35N3O3/c1-4-30-24(29)27-20-9-10-21(27)16-22(15-20)25-13-11-19(12-14-25)26(18(3)28)23-8-6-5-7-17(23)2/h5-8,19-22H,4,9-16H2,1-3H3. The van der Waals surface area contributed by atoms with Crippen molar-refractivity contribution in [3.63, 3.8) is 0 Å². The summed E-state index contributed by atoms with van der Waals surface area (Å²) in [4.78, 5) is 31.5. The largest absolute Gasteiger partial charge is 0.450 e. The summed E-state index contributed by atoms with van der Waals surface area (Å²) < 4.78 is 5.29. The Kier molecular flexibility index (Phi) is 6.32. The Bertz CT molecular complexity index is 761. The Morgan fingerprint density at radius 1 is 1.03 bits per heavy atom. The number of piperidine rings is 2. The maximum atomic E-state index is 12.5. The number of rotatable bonds is 4. The van der Waals surface area contributed by atoms with Gasteiger partial charge in [-0.2, -0.15) is 0 Å². The van der Waals surface area contributed by atoms with Gasteiger partial charge in [-0.3, -0.25) is 4.79 Å². The lowest BCUT2D eigenvalue weighted by Crippen LogP contribution is -2.55. The molecule has 3 aliphatic heterocycles. The molecule has 2 unspecified atom stereocenters. The summed E-state index contributed by atoms with van der Waals surface area (Å²) >= 11 is 0. The first-order valence-electron chi connectivity index (χ1n) is 11.5. The van der Waals surface area contributed by atoms with E-state index in [1.165, 1.54) is 0 Å². The molecule has 6 heteroatoms. The first kappa shape index (κ1) is 21.2. The van der Waals surface area contributed by atoms with Crippen molar-refractivity contribution >= 4 is 17.7 Å². The molecule has 2 amide bonds. The van der Waals surface area contributed by atoms with E-state index in [-0.39, 0.29) is 18.0 Å². The van der Waals surface area contributed by atoms with Gasteiger partial charge in [0.25, 0.3) is 0 Å². The van der Waals surface area contributed by atoms with E-state index in [0.29, 0.717) is 24.7 Å². The van der Waals surface area contributed by atoms with Crippen LogP contribution in [0.4, 0.5) is 10.5 Å². The van der Waals surface area contributed by atoms with Crippen LogP contribution in [0.25, 0.3) is 0 Å². The van der Waals surface area contributed by atoms with Crippen molar-refractivity contribution in [1.82, 2.24) is 9.80 Å². The molecule has 4 rings (SSSR count). The number of ether oxygens (including phenoxy) is 1. The van der Waals surface area contributed by atoms with Crippen LogP contribution in [-0.4, -0.2) is 65.7 Å². The van der Waals surface area contributed by atoms with Crippen LogP contribution in [0.15, 0.2) is 24.3 Å². The van der Waals surface area contributed by atoms with Gasteiger partial charge in [0.2, 0.25) is 5.91 Å². The molecular weight excluding hydrogens is 378 g/mol. The lowest BCUT2D eigenvalue weighted by atomic mass is 9.93. The van der Waals surface area contributed by atoms with Crippen molar-refractivity contribution in [2.45, 2.75) is 83.5 Å². The predicted molar refractivity (Wildman–Crippen MR) is 118 cm³/mol. The zero-order valence-corrected chi connectivity index (χ0v) is 18.5. The Labute approximate surface area is 180 Å². The van der Waals surface area contributed by atoms with Gasteiger partial charge in [-0.1, -0.05) is 18.2 Å². The van der Waals surface area contributed by atoms with Crippen LogP contribution in [0.3, 0.4) is 0 Å². The third kappa shape index (κ3) is 4.07. The van der Waals surface area contributed by atoms with Crippen LogP contribution in [0.2, 0.25) is 0 Å². The number of benzene rings is 1. The average molecular weight is 414 g/mol. The highest BCUT2D eigenvalue weighted by atomic mass is 16.6. The molecule has 0 aromatic heterocycles. The number of fused-ring (bicyclic) bond motifs is 2. The first-order valence-corrected chi connectivity index (χ1v) is 11.5. The van der Waals surface area contributed by atoms with Crippen LogP contribution in [0.5, 0.6) is 0 Å². The van der Waals surface area contributed by atoms with E-state index in [1.54, 1.807) is 6.92 Å². The molecule has 30 heavy (non-hydrogen) atoms. The number of carbonyl (C=O) groups is 2. The lowest BCUT2D eigenvalue weighted by molar-refractivity contribution is -0.117. The number of amides is 2. The monoisotopic (exact) mass is 413 g/mol. The normalized spacial score (nSPS) is 27.2. The van der Waals surface area contributed by atoms with Crippen LogP contribution in [-0.2, 0) is 9.53 Å². The van der Waals surface area contributed by atoms with Gasteiger partial charge >= 0.3 is 6.09 Å². The van der Waals surface area contributed by atoms with Crippen molar-refractivity contribution < 1.29 is 14.3 Å². The fourth-order valence-corrected chi connectivity index (χ4v) is 5.91. The first-order chi connectivity index (χ1) is 14.5. The number of hydrogen-bond donors (Lipinski definition) is 0. The van der Waals surface area contributed by atoms with Gasteiger partial charge in [0.1, 0.15) is 0 Å². The molecule has 6 nitrogen and oxygen atoms in total. The third-order valence-electron chi connectivity index (χ3n) is 7.28. The summed E-state index contributed by atoms with van der Waals surface area (Å²) in [6, 6.07) is 9.63. The molecule has 3 fully saturated rings. The number of anilines is 1. The van der Waals surface area contributed by atoms with Crippen molar-refractivity contribution in [3.8, 4) is 0 Å². The van der Waals surface area contributed by atoms with E-state index >= 15 is 0 Å². The van der Waals surface area contributed by atoms with E-state index in [1.807, 2.05) is 28.9 Å². The molecule has 2 bridgehead atoms. The van der Waals surface area contributed by atoms with Crippen molar-refractivity contribution in [2.75, 3.05) is 24.6 Å². The number of hydrogen-bond acceptors (Lipinski definition) is 4. The van der Waals surface area contributed by atoms with Crippen molar-refractivity contribution in [2.24, 2.45) is 0 Å². The molecule has 0 N–H and O–H groups in total. The minimum absolute atomic E-state index is 0.127. The summed E-state index contributed by atoms with van der Waals surface area (Å²) in [6.45, 7) is 8.11. The molecule has 3 heterocycles. The van der Waals surface area contributed by atoms with Gasteiger partial charge in [0.05, 0.1) is 6.61 Å². The Hall–Kier alpha value is -2.08. The number of para-hydroxylation sites is 1. The van der Waals surface area contributed by atoms with E-state index in [2.05, 4.69) is 24.0 Å². The van der Waals surface area contributed by atoms with Gasteiger partial charge < -0.3 is 19.4 Å². The fraction of sp³-hybridized carbons (Fsp3) is 0.667. The zero-order valence-electron chi connectivity index (χ0n) is 18.5. The summed E-state index contributed by atoms with van der Waals surface area (Å²) in [5.74, 6) is 0.128. The Morgan fingerprint density at radius 2 is 1.67 bits per heavy atom. The Morgan fingerprint density at radius 3 is 2.23 bits per heavy atom. The smallest absolute Gasteiger partial charge is 0.410 e. The van der Waals surface area contributed by atoms with Crippen molar-refractivity contribution in [1.29, 1.82) is 0 Å². The molecule has 0 saturated carbocycles. The molecule has 0 radical (unpaired) electrons. The van der Waals surface area contributed by atoms with Crippen LogP contribution in [0.1, 0.15) is 57.9 Å². The summed E-state index contributed by atoms with van der Waals surface area (Å²) in [7, 11) is 0. The lowest BCUT2D eigenvalue weighted by Gasteiger charge is -2.46. The second-order valence-corrected chi connectivity index (χ2v) is 9.06. The number of aryl methyl sites for hydroxylation is 1. The summed E-state index contributed by atoms with van der Waals surface area (Å²) in [5.41, 5.74) is 2.20. The zero-order chi connectivity index (χ0) is 21.3. The highest BCUT2D eigenvalue weighted by Crippen LogP contribution is 2.39. The van der Waals surface area contributed by atoms with E-state index in [4.69, 9.17) is 4.74 Å². The molecule has 3 aliphatic rings. The Balaban J connectivity index is 1.38. The van der Waals surface area contributed by atoms with Crippen LogP contribution >= 0.6 is 0 Å². The average Bonchev–Trinajstić information content (AvgIpc) is 3.00. The number of carbonyl (C=O) groups excluding carboxylic acids is 2. The summed E-state index contributed by atoms with van der Waals surface area (Å²) in [6.07, 6.45) is 6.17. The number of likely N-dealkylation sites (tertiary alicyclic amines) is 1. The molecule has 164 valence electrons. The molecule has 2 atom stereocenters. The maximum Gasteiger partial charge on any atom is 0.410 e. The molecule has 1 aromatic rings. The fourth-order valence-electron chi connectivity index (χ4n) is 5.91. The molecule has 0 aliphatic carbocycles. The second kappa shape index (κ2) is 8.96. The van der Waals surface area contributed by atoms with Crippen LogP contribution < -0.4 is 4.90 Å². The van der Waals surface area contributed by atoms with E-state index in [9.17, 15) is 9.59 Å². The van der Waals surface area contributed by atoms with Crippen LogP contribution in [0, 0.1) is 6.92 Å². The molecule has 1 aromatic carbocycles. The maximum absolute atomic E-state index is 12.5. The van der Waals surface area contributed by atoms with Gasteiger partial charge in [-0.25, -0.2) is 4.79 Å². The third-order valence-corrected chi connectivity index (χ3v) is 7.28. The SMILES string of the molecule is CCOC(=O)N1C2CCC1CC(N1CCC(N(C(C)=O)c3ccccc3C)CC1)C2. The quantitative estimate of drug-likeness (QED) is 0.750. The predicted octanol–water partition coefficient (Wildman–Crippen LogP) is 3.96. The van der Waals surface area contributed by atoms with Crippen molar-refractivity contribution in [3.05, 3.63) is 29.8 Å².